The molecule has 0 radical (unpaired) electrons. The Labute approximate surface area is 127 Å². The first-order valence-electron chi connectivity index (χ1n) is 5.98. The van der Waals surface area contributed by atoms with E-state index in [0.717, 1.165) is 18.3 Å². The van der Waals surface area contributed by atoms with E-state index in [1.807, 2.05) is 0 Å². The molecule has 2 nitrogen and oxygen atoms in total. The highest BCUT2D eigenvalue weighted by Crippen LogP contribution is 2.36. The van der Waals surface area contributed by atoms with Gasteiger partial charge in [0.05, 0.1) is 17.8 Å². The molecule has 0 spiro atoms. The second kappa shape index (κ2) is 6.11. The Morgan fingerprint density at radius 1 is 1.19 bits per heavy atom. The maximum Gasteiger partial charge on any atom is 0.416 e. The van der Waals surface area contributed by atoms with Gasteiger partial charge in [0.2, 0.25) is 0 Å². The standard InChI is InChI=1S/C14H11BrF4N2/c1-20-13(9-4-5-21-7-12(9)16)10-6-8(14(17,18)19)2-3-11(10)15/h2-7,13,20H,1H3. The molecule has 1 atom stereocenters. The molecule has 2 rings (SSSR count). The van der Waals surface area contributed by atoms with Crippen LogP contribution < -0.4 is 5.32 Å². The Morgan fingerprint density at radius 3 is 2.48 bits per heavy atom. The Morgan fingerprint density at radius 2 is 1.90 bits per heavy atom. The summed E-state index contributed by atoms with van der Waals surface area (Å²) in [4.78, 5) is 3.64. The molecular weight excluding hydrogens is 352 g/mol. The molecule has 0 fully saturated rings. The topological polar surface area (TPSA) is 24.9 Å². The van der Waals surface area contributed by atoms with E-state index in [9.17, 15) is 17.6 Å². The predicted octanol–water partition coefficient (Wildman–Crippen LogP) is 4.31. The monoisotopic (exact) mass is 362 g/mol. The van der Waals surface area contributed by atoms with Crippen molar-refractivity contribution in [2.75, 3.05) is 7.05 Å². The van der Waals surface area contributed by atoms with Crippen LogP contribution in [0.3, 0.4) is 0 Å². The molecule has 21 heavy (non-hydrogen) atoms. The van der Waals surface area contributed by atoms with Gasteiger partial charge in [0.1, 0.15) is 5.82 Å². The van der Waals surface area contributed by atoms with Crippen molar-refractivity contribution in [2.45, 2.75) is 12.2 Å². The molecule has 0 amide bonds. The van der Waals surface area contributed by atoms with Gasteiger partial charge in [-0.25, -0.2) is 4.39 Å². The molecule has 0 saturated heterocycles. The quantitative estimate of drug-likeness (QED) is 0.823. The highest BCUT2D eigenvalue weighted by Gasteiger charge is 2.32. The SMILES string of the molecule is CNC(c1ccncc1F)c1cc(C(F)(F)F)ccc1Br. The number of pyridine rings is 1. The number of nitrogens with one attached hydrogen (secondary N) is 1. The predicted molar refractivity (Wildman–Crippen MR) is 74.2 cm³/mol. The van der Waals surface area contributed by atoms with E-state index in [1.54, 1.807) is 7.05 Å². The molecule has 0 bridgehead atoms. The Balaban J connectivity index is 2.55. The Bertz CT molecular complexity index is 643. The molecule has 0 aliphatic carbocycles. The van der Waals surface area contributed by atoms with Gasteiger partial charge in [-0.1, -0.05) is 15.9 Å². The highest BCUT2D eigenvalue weighted by atomic mass is 79.9. The number of hydrogen-bond donors (Lipinski definition) is 1. The first kappa shape index (κ1) is 15.9. The van der Waals surface area contributed by atoms with Crippen molar-refractivity contribution >= 4 is 15.9 Å². The summed E-state index contributed by atoms with van der Waals surface area (Å²) in [7, 11) is 1.55. The second-order valence-electron chi connectivity index (χ2n) is 4.35. The minimum absolute atomic E-state index is 0.229. The van der Waals surface area contributed by atoms with Gasteiger partial charge in [-0.3, -0.25) is 4.98 Å². The minimum atomic E-state index is -4.45. The van der Waals surface area contributed by atoms with Crippen LogP contribution in [0, 0.1) is 5.82 Å². The van der Waals surface area contributed by atoms with Crippen LogP contribution in [0.4, 0.5) is 17.6 Å². The zero-order valence-electron chi connectivity index (χ0n) is 10.9. The lowest BCUT2D eigenvalue weighted by molar-refractivity contribution is -0.137. The van der Waals surface area contributed by atoms with E-state index >= 15 is 0 Å². The molecule has 0 saturated carbocycles. The van der Waals surface area contributed by atoms with Gasteiger partial charge in [0.25, 0.3) is 0 Å². The fraction of sp³-hybridized carbons (Fsp3) is 0.214. The maximum atomic E-state index is 13.8. The molecular formula is C14H11BrF4N2. The molecule has 1 unspecified atom stereocenters. The van der Waals surface area contributed by atoms with Crippen molar-refractivity contribution in [2.24, 2.45) is 0 Å². The van der Waals surface area contributed by atoms with Crippen LogP contribution in [0.5, 0.6) is 0 Å². The van der Waals surface area contributed by atoms with Crippen molar-refractivity contribution in [1.82, 2.24) is 10.3 Å². The third-order valence-electron chi connectivity index (χ3n) is 3.04. The van der Waals surface area contributed by atoms with Gasteiger partial charge >= 0.3 is 6.18 Å². The first-order chi connectivity index (χ1) is 9.84. The number of hydrogen-bond acceptors (Lipinski definition) is 2. The Kier molecular flexibility index (Phi) is 4.63. The number of benzene rings is 1. The summed E-state index contributed by atoms with van der Waals surface area (Å²) in [6, 6.07) is 4.00. The van der Waals surface area contributed by atoms with E-state index in [0.29, 0.717) is 10.0 Å². The molecule has 2 aromatic rings. The van der Waals surface area contributed by atoms with E-state index in [-0.39, 0.29) is 5.56 Å². The third kappa shape index (κ3) is 3.41. The van der Waals surface area contributed by atoms with E-state index in [1.165, 1.54) is 18.3 Å². The van der Waals surface area contributed by atoms with Crippen molar-refractivity contribution in [3.05, 3.63) is 63.6 Å². The number of alkyl halides is 3. The summed E-state index contributed by atoms with van der Waals surface area (Å²) in [5, 5.41) is 2.83. The van der Waals surface area contributed by atoms with Crippen molar-refractivity contribution in [3.8, 4) is 0 Å². The van der Waals surface area contributed by atoms with E-state index < -0.39 is 23.6 Å². The highest BCUT2D eigenvalue weighted by molar-refractivity contribution is 9.10. The average Bonchev–Trinajstić information content (AvgIpc) is 2.42. The van der Waals surface area contributed by atoms with Crippen molar-refractivity contribution in [3.63, 3.8) is 0 Å². The van der Waals surface area contributed by atoms with Crippen LogP contribution in [0.2, 0.25) is 0 Å². The lowest BCUT2D eigenvalue weighted by Crippen LogP contribution is -2.20. The fourth-order valence-corrected chi connectivity index (χ4v) is 2.52. The van der Waals surface area contributed by atoms with E-state index in [2.05, 4.69) is 26.2 Å². The summed E-state index contributed by atoms with van der Waals surface area (Å²) in [6.45, 7) is 0. The molecule has 112 valence electrons. The molecule has 0 aliphatic rings. The zero-order valence-corrected chi connectivity index (χ0v) is 12.5. The largest absolute Gasteiger partial charge is 0.416 e. The van der Waals surface area contributed by atoms with Gasteiger partial charge < -0.3 is 5.32 Å². The van der Waals surface area contributed by atoms with Gasteiger partial charge in [0, 0.05) is 16.2 Å². The van der Waals surface area contributed by atoms with Crippen LogP contribution >= 0.6 is 15.9 Å². The van der Waals surface area contributed by atoms with Gasteiger partial charge in [-0.15, -0.1) is 0 Å². The fourth-order valence-electron chi connectivity index (χ4n) is 2.04. The molecule has 1 N–H and O–H groups in total. The Hall–Kier alpha value is -1.47. The summed E-state index contributed by atoms with van der Waals surface area (Å²) in [6.07, 6.45) is -2.03. The summed E-state index contributed by atoms with van der Waals surface area (Å²) in [5.41, 5.74) is -0.250. The minimum Gasteiger partial charge on any atom is -0.309 e. The molecule has 1 aromatic heterocycles. The van der Waals surface area contributed by atoms with Crippen LogP contribution in [-0.4, -0.2) is 12.0 Å². The first-order valence-corrected chi connectivity index (χ1v) is 6.77. The number of aromatic nitrogens is 1. The number of rotatable bonds is 3. The lowest BCUT2D eigenvalue weighted by atomic mass is 9.97. The summed E-state index contributed by atoms with van der Waals surface area (Å²) in [5.74, 6) is -0.582. The molecule has 1 aromatic carbocycles. The zero-order chi connectivity index (χ0) is 15.6. The molecule has 7 heteroatoms. The van der Waals surface area contributed by atoms with Crippen LogP contribution in [0.1, 0.15) is 22.7 Å². The van der Waals surface area contributed by atoms with Gasteiger partial charge in [-0.2, -0.15) is 13.2 Å². The number of halogens is 5. The summed E-state index contributed by atoms with van der Waals surface area (Å²) >= 11 is 3.22. The number of nitrogens with zero attached hydrogens (tertiary/aromatic N) is 1. The summed E-state index contributed by atoms with van der Waals surface area (Å²) < 4.78 is 52.8. The molecule has 0 aliphatic heterocycles. The smallest absolute Gasteiger partial charge is 0.309 e. The van der Waals surface area contributed by atoms with Crippen LogP contribution in [-0.2, 0) is 6.18 Å². The van der Waals surface area contributed by atoms with Gasteiger partial charge in [0.15, 0.2) is 0 Å². The lowest BCUT2D eigenvalue weighted by Gasteiger charge is -2.20. The third-order valence-corrected chi connectivity index (χ3v) is 3.76. The second-order valence-corrected chi connectivity index (χ2v) is 5.21. The maximum absolute atomic E-state index is 13.8. The normalized spacial score (nSPS) is 13.2. The van der Waals surface area contributed by atoms with Crippen LogP contribution in [0.25, 0.3) is 0 Å². The van der Waals surface area contributed by atoms with Crippen molar-refractivity contribution in [1.29, 1.82) is 0 Å². The van der Waals surface area contributed by atoms with Crippen LogP contribution in [0.15, 0.2) is 41.1 Å². The average molecular weight is 363 g/mol. The van der Waals surface area contributed by atoms with Crippen molar-refractivity contribution < 1.29 is 17.6 Å². The van der Waals surface area contributed by atoms with Gasteiger partial charge in [-0.05, 0) is 36.9 Å². The van der Waals surface area contributed by atoms with E-state index in [4.69, 9.17) is 0 Å². The molecule has 1 heterocycles.